The summed E-state index contributed by atoms with van der Waals surface area (Å²) in [5.74, 6) is -0.118. The first-order chi connectivity index (χ1) is 12.9. The monoisotopic (exact) mass is 434 g/mol. The van der Waals surface area contributed by atoms with Crippen molar-refractivity contribution in [1.29, 1.82) is 0 Å². The molecule has 0 aliphatic carbocycles. The van der Waals surface area contributed by atoms with Gasteiger partial charge < -0.3 is 14.2 Å². The summed E-state index contributed by atoms with van der Waals surface area (Å²) in [6.45, 7) is -0.375. The first-order valence-corrected chi connectivity index (χ1v) is 8.93. The van der Waals surface area contributed by atoms with Crippen molar-refractivity contribution in [3.05, 3.63) is 58.1 Å². The lowest BCUT2D eigenvalue weighted by atomic mass is 10.1. The first-order valence-electron chi connectivity index (χ1n) is 8.14. The number of Topliss-reactive ketones (excluding diaryl/α,β-unsaturated/α-hetero) is 2. The van der Waals surface area contributed by atoms with Gasteiger partial charge in [-0.25, -0.2) is 0 Å². The van der Waals surface area contributed by atoms with Crippen LogP contribution in [-0.2, 0) is 9.53 Å². The molecule has 0 atom stereocenters. The quantitative estimate of drug-likeness (QED) is 0.440. The van der Waals surface area contributed by atoms with Crippen LogP contribution < -0.4 is 9.47 Å². The van der Waals surface area contributed by atoms with E-state index in [-0.39, 0.29) is 31.0 Å². The number of benzene rings is 2. The van der Waals surface area contributed by atoms with Gasteiger partial charge in [0.1, 0.15) is 11.5 Å². The van der Waals surface area contributed by atoms with Crippen molar-refractivity contribution >= 4 is 33.5 Å². The molecule has 142 valence electrons. The molecule has 0 aliphatic heterocycles. The number of carbonyl (C=O) groups excluding carboxylic acids is 3. The minimum Gasteiger partial charge on any atom is -0.497 e. The largest absolute Gasteiger partial charge is 0.497 e. The predicted molar refractivity (Wildman–Crippen MR) is 103 cm³/mol. The SMILES string of the molecule is COc1ccc(C(=O)COC(=O)CCC(=O)c2cc(Br)ccc2OC)cc1. The standard InChI is InChI=1S/C20H19BrO6/c1-25-15-6-3-13(4-7-15)18(23)12-27-20(24)10-8-17(22)16-11-14(21)5-9-19(16)26-2/h3-7,9,11H,8,10,12H2,1-2H3. The minimum atomic E-state index is -0.612. The van der Waals surface area contributed by atoms with Crippen LogP contribution in [0.1, 0.15) is 33.6 Å². The second-order valence-electron chi connectivity index (χ2n) is 5.58. The number of methoxy groups -OCH3 is 2. The van der Waals surface area contributed by atoms with Crippen LogP contribution in [0.2, 0.25) is 0 Å². The molecule has 0 amide bonds. The summed E-state index contributed by atoms with van der Waals surface area (Å²) in [7, 11) is 3.00. The van der Waals surface area contributed by atoms with Crippen molar-refractivity contribution in [3.8, 4) is 11.5 Å². The van der Waals surface area contributed by atoms with Gasteiger partial charge in [-0.2, -0.15) is 0 Å². The fourth-order valence-electron chi connectivity index (χ4n) is 2.33. The third kappa shape index (κ3) is 5.92. The summed E-state index contributed by atoms with van der Waals surface area (Å²) in [6.07, 6.45) is -0.160. The molecule has 2 aromatic rings. The Morgan fingerprint density at radius 3 is 2.22 bits per heavy atom. The van der Waals surface area contributed by atoms with Gasteiger partial charge >= 0.3 is 5.97 Å². The molecule has 0 radical (unpaired) electrons. The molecule has 0 aliphatic rings. The van der Waals surface area contributed by atoms with Crippen molar-refractivity contribution in [1.82, 2.24) is 0 Å². The molecular weight excluding hydrogens is 416 g/mol. The maximum atomic E-state index is 12.3. The fraction of sp³-hybridized carbons (Fsp3) is 0.250. The average molecular weight is 435 g/mol. The maximum Gasteiger partial charge on any atom is 0.306 e. The van der Waals surface area contributed by atoms with Crippen molar-refractivity contribution in [2.45, 2.75) is 12.8 Å². The Hall–Kier alpha value is -2.67. The van der Waals surface area contributed by atoms with Crippen LogP contribution in [0.5, 0.6) is 11.5 Å². The Bertz CT molecular complexity index is 829. The molecule has 2 rings (SSSR count). The van der Waals surface area contributed by atoms with Crippen molar-refractivity contribution in [2.75, 3.05) is 20.8 Å². The Labute approximate surface area is 165 Å². The molecule has 0 saturated carbocycles. The van der Waals surface area contributed by atoms with Gasteiger partial charge in [0.2, 0.25) is 0 Å². The molecule has 7 heteroatoms. The molecule has 0 heterocycles. The predicted octanol–water partition coefficient (Wildman–Crippen LogP) is 3.86. The summed E-state index contributed by atoms with van der Waals surface area (Å²) in [6, 6.07) is 11.6. The van der Waals surface area contributed by atoms with Crippen LogP contribution in [0.3, 0.4) is 0 Å². The molecule has 27 heavy (non-hydrogen) atoms. The van der Waals surface area contributed by atoms with Gasteiger partial charge in [0, 0.05) is 16.5 Å². The molecule has 0 spiro atoms. The highest BCUT2D eigenvalue weighted by Crippen LogP contribution is 2.24. The van der Waals surface area contributed by atoms with E-state index in [4.69, 9.17) is 14.2 Å². The van der Waals surface area contributed by atoms with Crippen molar-refractivity contribution in [2.24, 2.45) is 0 Å². The van der Waals surface area contributed by atoms with Crippen molar-refractivity contribution in [3.63, 3.8) is 0 Å². The highest BCUT2D eigenvalue weighted by molar-refractivity contribution is 9.10. The Morgan fingerprint density at radius 1 is 0.889 bits per heavy atom. The molecule has 0 N–H and O–H groups in total. The smallest absolute Gasteiger partial charge is 0.306 e. The number of carbonyl (C=O) groups is 3. The number of hydrogen-bond acceptors (Lipinski definition) is 6. The molecule has 0 saturated heterocycles. The molecule has 0 unspecified atom stereocenters. The van der Waals surface area contributed by atoms with Crippen LogP contribution in [0.4, 0.5) is 0 Å². The van der Waals surface area contributed by atoms with Gasteiger partial charge in [0.25, 0.3) is 0 Å². The van der Waals surface area contributed by atoms with E-state index in [0.29, 0.717) is 22.6 Å². The number of halogens is 1. The summed E-state index contributed by atoms with van der Waals surface area (Å²) >= 11 is 3.30. The van der Waals surface area contributed by atoms with Crippen LogP contribution in [0.15, 0.2) is 46.9 Å². The van der Waals surface area contributed by atoms with Crippen LogP contribution in [-0.4, -0.2) is 38.4 Å². The van der Waals surface area contributed by atoms with E-state index in [2.05, 4.69) is 15.9 Å². The van der Waals surface area contributed by atoms with E-state index in [1.807, 2.05) is 0 Å². The van der Waals surface area contributed by atoms with E-state index < -0.39 is 5.97 Å². The van der Waals surface area contributed by atoms with E-state index in [1.165, 1.54) is 14.2 Å². The summed E-state index contributed by atoms with van der Waals surface area (Å²) in [4.78, 5) is 36.2. The van der Waals surface area contributed by atoms with E-state index in [1.54, 1.807) is 42.5 Å². The molecular formula is C20H19BrO6. The average Bonchev–Trinajstić information content (AvgIpc) is 2.70. The van der Waals surface area contributed by atoms with E-state index >= 15 is 0 Å². The highest BCUT2D eigenvalue weighted by Gasteiger charge is 2.16. The normalized spacial score (nSPS) is 10.2. The van der Waals surface area contributed by atoms with Gasteiger partial charge in [0.15, 0.2) is 18.2 Å². The summed E-state index contributed by atoms with van der Waals surface area (Å²) < 4.78 is 15.9. The second kappa shape index (κ2) is 9.87. The number of hydrogen-bond donors (Lipinski definition) is 0. The third-order valence-corrected chi connectivity index (χ3v) is 4.29. The molecule has 0 fully saturated rings. The molecule has 0 aromatic heterocycles. The zero-order chi connectivity index (χ0) is 19.8. The number of ketones is 2. The maximum absolute atomic E-state index is 12.3. The lowest BCUT2D eigenvalue weighted by molar-refractivity contribution is -0.142. The van der Waals surface area contributed by atoms with Gasteiger partial charge in [0.05, 0.1) is 26.2 Å². The Kier molecular flexibility index (Phi) is 7.55. The van der Waals surface area contributed by atoms with E-state index in [0.717, 1.165) is 4.47 Å². The van der Waals surface area contributed by atoms with Gasteiger partial charge in [-0.3, -0.25) is 14.4 Å². The molecule has 0 bridgehead atoms. The van der Waals surface area contributed by atoms with Crippen LogP contribution >= 0.6 is 15.9 Å². The fourth-order valence-corrected chi connectivity index (χ4v) is 2.69. The number of rotatable bonds is 9. The summed E-state index contributed by atoms with van der Waals surface area (Å²) in [5.41, 5.74) is 0.799. The van der Waals surface area contributed by atoms with Gasteiger partial charge in [-0.1, -0.05) is 15.9 Å². The van der Waals surface area contributed by atoms with Gasteiger partial charge in [-0.15, -0.1) is 0 Å². The Balaban J connectivity index is 1.84. The number of ether oxygens (including phenoxy) is 3. The minimum absolute atomic E-state index is 0.0393. The van der Waals surface area contributed by atoms with Crippen LogP contribution in [0, 0.1) is 0 Å². The summed E-state index contributed by atoms with van der Waals surface area (Å²) in [5, 5.41) is 0. The highest BCUT2D eigenvalue weighted by atomic mass is 79.9. The first kappa shape index (κ1) is 20.6. The molecule has 2 aromatic carbocycles. The van der Waals surface area contributed by atoms with Crippen LogP contribution in [0.25, 0.3) is 0 Å². The number of esters is 1. The molecule has 6 nitrogen and oxygen atoms in total. The van der Waals surface area contributed by atoms with Gasteiger partial charge in [-0.05, 0) is 42.5 Å². The van der Waals surface area contributed by atoms with Crippen molar-refractivity contribution < 1.29 is 28.6 Å². The second-order valence-corrected chi connectivity index (χ2v) is 6.50. The zero-order valence-electron chi connectivity index (χ0n) is 15.0. The topological polar surface area (TPSA) is 78.9 Å². The van der Waals surface area contributed by atoms with E-state index in [9.17, 15) is 14.4 Å². The lowest BCUT2D eigenvalue weighted by Gasteiger charge is -2.08. The lowest BCUT2D eigenvalue weighted by Crippen LogP contribution is -2.15. The zero-order valence-corrected chi connectivity index (χ0v) is 16.6. The Morgan fingerprint density at radius 2 is 1.59 bits per heavy atom. The third-order valence-electron chi connectivity index (χ3n) is 3.79.